The molecule has 33 heavy (non-hydrogen) atoms. The summed E-state index contributed by atoms with van der Waals surface area (Å²) >= 11 is 2.30. The molecule has 1 saturated heterocycles. The molecule has 2 aromatic rings. The number of benzene rings is 1. The first kappa shape index (κ1) is 22.9. The summed E-state index contributed by atoms with van der Waals surface area (Å²) in [6.45, 7) is 1.72. The van der Waals surface area contributed by atoms with Crippen molar-refractivity contribution in [3.8, 4) is 11.5 Å². The number of rotatable bonds is 8. The fourth-order valence-corrected chi connectivity index (χ4v) is 5.01. The van der Waals surface area contributed by atoms with Gasteiger partial charge in [0, 0.05) is 24.9 Å². The van der Waals surface area contributed by atoms with Gasteiger partial charge in [0.2, 0.25) is 18.6 Å². The first-order chi connectivity index (χ1) is 15.9. The lowest BCUT2D eigenvalue weighted by Gasteiger charge is -2.17. The second-order valence-corrected chi connectivity index (χ2v) is 9.24. The number of thioether (sulfide) groups is 1. The fraction of sp³-hybridized carbons (Fsp3) is 0.273. The van der Waals surface area contributed by atoms with Crippen molar-refractivity contribution in [1.82, 2.24) is 15.5 Å². The van der Waals surface area contributed by atoms with Crippen LogP contribution in [0.1, 0.15) is 29.8 Å². The predicted molar refractivity (Wildman–Crippen MR) is 124 cm³/mol. The van der Waals surface area contributed by atoms with Gasteiger partial charge in [0.1, 0.15) is 0 Å². The van der Waals surface area contributed by atoms with Crippen molar-refractivity contribution >= 4 is 52.1 Å². The second kappa shape index (κ2) is 10.1. The van der Waals surface area contributed by atoms with Gasteiger partial charge in [-0.25, -0.2) is 0 Å². The molecule has 1 unspecified atom stereocenters. The van der Waals surface area contributed by atoms with E-state index in [1.54, 1.807) is 24.3 Å². The highest BCUT2D eigenvalue weighted by Gasteiger charge is 2.34. The van der Waals surface area contributed by atoms with E-state index in [0.29, 0.717) is 16.4 Å². The fourth-order valence-electron chi connectivity index (χ4n) is 3.37. The molecule has 0 bridgehead atoms. The molecule has 1 aromatic carbocycles. The van der Waals surface area contributed by atoms with Crippen LogP contribution in [0.5, 0.6) is 11.5 Å². The zero-order valence-corrected chi connectivity index (χ0v) is 19.3. The second-order valence-electron chi connectivity index (χ2n) is 7.27. The molecule has 2 aliphatic heterocycles. The molecule has 172 valence electrons. The number of hydrogen-bond acceptors (Lipinski definition) is 8. The van der Waals surface area contributed by atoms with Crippen LogP contribution in [0.15, 0.2) is 40.6 Å². The van der Waals surface area contributed by atoms with Crippen LogP contribution in [-0.2, 0) is 14.4 Å². The molecule has 0 radical (unpaired) electrons. The SMILES string of the molecule is CC(=O)NC(CC(=O)NCCN1C(=O)S/C(=C\c2ccc3c(c2)OCO3)C1=O)c1cccs1. The van der Waals surface area contributed by atoms with Gasteiger partial charge in [0.25, 0.3) is 11.1 Å². The summed E-state index contributed by atoms with van der Waals surface area (Å²) in [5.41, 5.74) is 0.718. The van der Waals surface area contributed by atoms with Crippen LogP contribution in [-0.4, -0.2) is 47.7 Å². The Morgan fingerprint density at radius 3 is 2.79 bits per heavy atom. The lowest BCUT2D eigenvalue weighted by molar-refractivity contribution is -0.125. The van der Waals surface area contributed by atoms with Crippen LogP contribution in [0.3, 0.4) is 0 Å². The lowest BCUT2D eigenvalue weighted by atomic mass is 10.1. The van der Waals surface area contributed by atoms with Gasteiger partial charge >= 0.3 is 0 Å². The zero-order chi connectivity index (χ0) is 23.4. The van der Waals surface area contributed by atoms with Gasteiger partial charge < -0.3 is 20.1 Å². The quantitative estimate of drug-likeness (QED) is 0.551. The van der Waals surface area contributed by atoms with E-state index in [1.165, 1.54) is 18.3 Å². The summed E-state index contributed by atoms with van der Waals surface area (Å²) < 4.78 is 10.6. The Labute approximate surface area is 198 Å². The number of carbonyl (C=O) groups is 4. The van der Waals surface area contributed by atoms with Gasteiger partial charge in [-0.2, -0.15) is 0 Å². The highest BCUT2D eigenvalue weighted by atomic mass is 32.2. The number of hydrogen-bond donors (Lipinski definition) is 2. The molecule has 0 saturated carbocycles. The first-order valence-corrected chi connectivity index (χ1v) is 11.8. The summed E-state index contributed by atoms with van der Waals surface area (Å²) in [5, 5.41) is 6.97. The summed E-state index contributed by atoms with van der Waals surface area (Å²) in [7, 11) is 0. The summed E-state index contributed by atoms with van der Waals surface area (Å²) in [4.78, 5) is 51.1. The van der Waals surface area contributed by atoms with Gasteiger partial charge in [0.05, 0.1) is 17.4 Å². The Hall–Kier alpha value is -3.31. The molecule has 0 aliphatic carbocycles. The number of carbonyl (C=O) groups excluding carboxylic acids is 4. The molecule has 1 fully saturated rings. The Balaban J connectivity index is 1.31. The third kappa shape index (κ3) is 5.55. The summed E-state index contributed by atoms with van der Waals surface area (Å²) in [6, 6.07) is 8.55. The van der Waals surface area contributed by atoms with E-state index >= 15 is 0 Å². The standard InChI is InChI=1S/C22H21N3O6S2/c1-13(26)24-15(18-3-2-8-32-18)11-20(27)23-6-7-25-21(28)19(33-22(25)29)10-14-4-5-16-17(9-14)31-12-30-16/h2-5,8-10,15H,6-7,11-12H2,1H3,(H,23,27)(H,24,26)/b19-10-. The highest BCUT2D eigenvalue weighted by Crippen LogP contribution is 2.36. The van der Waals surface area contributed by atoms with Gasteiger partial charge in [0.15, 0.2) is 11.5 Å². The van der Waals surface area contributed by atoms with E-state index in [9.17, 15) is 19.2 Å². The maximum absolute atomic E-state index is 12.7. The number of nitrogens with one attached hydrogen (secondary N) is 2. The number of amides is 4. The lowest BCUT2D eigenvalue weighted by Crippen LogP contribution is -2.38. The normalized spacial score (nSPS) is 16.9. The maximum atomic E-state index is 12.7. The number of imide groups is 1. The van der Waals surface area contributed by atoms with Crippen molar-refractivity contribution in [3.05, 3.63) is 51.1 Å². The molecule has 4 rings (SSSR count). The van der Waals surface area contributed by atoms with Crippen molar-refractivity contribution in [2.75, 3.05) is 19.9 Å². The topological polar surface area (TPSA) is 114 Å². The minimum absolute atomic E-state index is 0.0543. The largest absolute Gasteiger partial charge is 0.454 e. The zero-order valence-electron chi connectivity index (χ0n) is 17.7. The molecule has 2 aliphatic rings. The number of nitrogens with zero attached hydrogens (tertiary/aromatic N) is 1. The molecule has 1 aromatic heterocycles. The molecule has 9 nitrogen and oxygen atoms in total. The van der Waals surface area contributed by atoms with Crippen LogP contribution < -0.4 is 20.1 Å². The third-order valence-electron chi connectivity index (χ3n) is 4.88. The molecule has 4 amide bonds. The van der Waals surface area contributed by atoms with E-state index < -0.39 is 17.2 Å². The maximum Gasteiger partial charge on any atom is 0.293 e. The van der Waals surface area contributed by atoms with Crippen LogP contribution in [0.2, 0.25) is 0 Å². The highest BCUT2D eigenvalue weighted by molar-refractivity contribution is 8.18. The summed E-state index contributed by atoms with van der Waals surface area (Å²) in [6.07, 6.45) is 1.69. The smallest absolute Gasteiger partial charge is 0.293 e. The third-order valence-corrected chi connectivity index (χ3v) is 6.77. The van der Waals surface area contributed by atoms with Gasteiger partial charge in [-0.1, -0.05) is 12.1 Å². The van der Waals surface area contributed by atoms with Crippen molar-refractivity contribution in [2.45, 2.75) is 19.4 Å². The van der Waals surface area contributed by atoms with Crippen LogP contribution in [0.4, 0.5) is 4.79 Å². The number of ether oxygens (including phenoxy) is 2. The van der Waals surface area contributed by atoms with E-state index in [2.05, 4.69) is 10.6 Å². The van der Waals surface area contributed by atoms with Crippen LogP contribution in [0, 0.1) is 0 Å². The molecule has 1 atom stereocenters. The Bertz CT molecular complexity index is 1120. The Morgan fingerprint density at radius 2 is 2.03 bits per heavy atom. The van der Waals surface area contributed by atoms with E-state index in [0.717, 1.165) is 27.1 Å². The average Bonchev–Trinajstić information content (AvgIpc) is 3.50. The van der Waals surface area contributed by atoms with E-state index in [-0.39, 0.29) is 38.1 Å². The van der Waals surface area contributed by atoms with Crippen molar-refractivity contribution in [1.29, 1.82) is 0 Å². The number of thiophene rings is 1. The molecular weight excluding hydrogens is 466 g/mol. The van der Waals surface area contributed by atoms with E-state index in [1.807, 2.05) is 17.5 Å². The van der Waals surface area contributed by atoms with E-state index in [4.69, 9.17) is 9.47 Å². The average molecular weight is 488 g/mol. The van der Waals surface area contributed by atoms with Crippen LogP contribution in [0.25, 0.3) is 6.08 Å². The predicted octanol–water partition coefficient (Wildman–Crippen LogP) is 2.90. The van der Waals surface area contributed by atoms with Crippen molar-refractivity contribution < 1.29 is 28.7 Å². The van der Waals surface area contributed by atoms with Gasteiger partial charge in [-0.15, -0.1) is 11.3 Å². The van der Waals surface area contributed by atoms with Crippen molar-refractivity contribution in [3.63, 3.8) is 0 Å². The van der Waals surface area contributed by atoms with Gasteiger partial charge in [-0.05, 0) is 47.0 Å². The Morgan fingerprint density at radius 1 is 1.21 bits per heavy atom. The molecule has 2 N–H and O–H groups in total. The van der Waals surface area contributed by atoms with Gasteiger partial charge in [-0.3, -0.25) is 24.1 Å². The molecular formula is C22H21N3O6S2. The molecule has 0 spiro atoms. The molecule has 3 heterocycles. The Kier molecular flexibility index (Phi) is 6.99. The summed E-state index contributed by atoms with van der Waals surface area (Å²) in [5.74, 6) is 0.298. The van der Waals surface area contributed by atoms with Crippen molar-refractivity contribution in [2.24, 2.45) is 0 Å². The monoisotopic (exact) mass is 487 g/mol. The number of fused-ring (bicyclic) bond motifs is 1. The molecule has 11 heteroatoms. The minimum atomic E-state index is -0.427. The first-order valence-electron chi connectivity index (χ1n) is 10.1. The van der Waals surface area contributed by atoms with Crippen LogP contribution >= 0.6 is 23.1 Å². The minimum Gasteiger partial charge on any atom is -0.454 e.